The van der Waals surface area contributed by atoms with Crippen LogP contribution in [-0.2, 0) is 17.1 Å². The second-order valence-corrected chi connectivity index (χ2v) is 6.77. The number of nitrogens with zero attached hydrogens (tertiary/aromatic N) is 3. The first kappa shape index (κ1) is 14.8. The van der Waals surface area contributed by atoms with Gasteiger partial charge < -0.3 is 0 Å². The van der Waals surface area contributed by atoms with Crippen LogP contribution < -0.4 is 4.72 Å². The molecule has 0 saturated heterocycles. The zero-order valence-corrected chi connectivity index (χ0v) is 13.3. The molecule has 2 rings (SSSR count). The summed E-state index contributed by atoms with van der Waals surface area (Å²) < 4.78 is 28.6. The van der Waals surface area contributed by atoms with Gasteiger partial charge in [0.2, 0.25) is 0 Å². The van der Waals surface area contributed by atoms with Crippen LogP contribution >= 0.6 is 27.5 Å². The largest absolute Gasteiger partial charge is 0.263 e. The first-order valence-electron chi connectivity index (χ1n) is 5.25. The number of rotatable bonds is 3. The van der Waals surface area contributed by atoms with Crippen molar-refractivity contribution in [3.05, 3.63) is 39.5 Å². The van der Waals surface area contributed by atoms with Crippen LogP contribution in [0.5, 0.6) is 0 Å². The van der Waals surface area contributed by atoms with Crippen LogP contribution in [0.25, 0.3) is 0 Å². The lowest BCUT2D eigenvalue weighted by molar-refractivity contribution is 0.600. The normalized spacial score (nSPS) is 11.1. The van der Waals surface area contributed by atoms with Gasteiger partial charge in [0.25, 0.3) is 10.0 Å². The Morgan fingerprint density at radius 3 is 2.80 bits per heavy atom. The molecular weight excluding hydrogens is 368 g/mol. The highest BCUT2D eigenvalue weighted by Gasteiger charge is 2.19. The quantitative estimate of drug-likeness (QED) is 0.893. The van der Waals surface area contributed by atoms with Gasteiger partial charge in [-0.2, -0.15) is 10.4 Å². The van der Waals surface area contributed by atoms with Gasteiger partial charge in [-0.3, -0.25) is 9.40 Å². The maximum absolute atomic E-state index is 12.3. The maximum atomic E-state index is 12.3. The van der Waals surface area contributed by atoms with E-state index < -0.39 is 10.0 Å². The van der Waals surface area contributed by atoms with Crippen molar-refractivity contribution in [3.63, 3.8) is 0 Å². The predicted octanol–water partition coefficient (Wildman–Crippen LogP) is 2.51. The maximum Gasteiger partial charge on any atom is 0.263 e. The van der Waals surface area contributed by atoms with E-state index in [2.05, 4.69) is 25.8 Å². The Balaban J connectivity index is 2.44. The van der Waals surface area contributed by atoms with Gasteiger partial charge in [0.15, 0.2) is 5.82 Å². The van der Waals surface area contributed by atoms with E-state index in [1.807, 2.05) is 6.07 Å². The number of hydrogen-bond acceptors (Lipinski definition) is 4. The van der Waals surface area contributed by atoms with E-state index in [0.29, 0.717) is 9.50 Å². The summed E-state index contributed by atoms with van der Waals surface area (Å²) in [4.78, 5) is 0.0267. The van der Waals surface area contributed by atoms with Crippen LogP contribution in [0.2, 0.25) is 5.02 Å². The Bertz CT molecular complexity index is 810. The van der Waals surface area contributed by atoms with E-state index in [1.165, 1.54) is 36.1 Å². The standard InChI is InChI=1S/C11H8BrClN4O2S/c1-17-11(7(5-14)6-15-17)16-20(18,19)8-2-3-10(13)9(12)4-8/h2-4,6,16H,1H3. The molecule has 1 heterocycles. The molecule has 2 aromatic rings. The molecule has 0 unspecified atom stereocenters. The summed E-state index contributed by atoms with van der Waals surface area (Å²) in [6.45, 7) is 0. The van der Waals surface area contributed by atoms with Gasteiger partial charge in [0, 0.05) is 11.5 Å². The molecule has 0 bridgehead atoms. The van der Waals surface area contributed by atoms with Gasteiger partial charge in [-0.1, -0.05) is 11.6 Å². The zero-order valence-electron chi connectivity index (χ0n) is 10.1. The van der Waals surface area contributed by atoms with E-state index in [1.54, 1.807) is 0 Å². The molecule has 0 saturated carbocycles. The fourth-order valence-corrected chi connectivity index (χ4v) is 3.25. The highest BCUT2D eigenvalue weighted by atomic mass is 79.9. The lowest BCUT2D eigenvalue weighted by atomic mass is 10.4. The second kappa shape index (κ2) is 5.44. The van der Waals surface area contributed by atoms with Crippen LogP contribution in [0.15, 0.2) is 33.8 Å². The van der Waals surface area contributed by atoms with Crippen molar-refractivity contribution in [1.29, 1.82) is 5.26 Å². The van der Waals surface area contributed by atoms with Gasteiger partial charge in [-0.15, -0.1) is 0 Å². The van der Waals surface area contributed by atoms with Crippen molar-refractivity contribution in [3.8, 4) is 6.07 Å². The molecule has 20 heavy (non-hydrogen) atoms. The van der Waals surface area contributed by atoms with Gasteiger partial charge >= 0.3 is 0 Å². The molecule has 6 nitrogen and oxygen atoms in total. The molecule has 0 atom stereocenters. The first-order valence-corrected chi connectivity index (χ1v) is 7.90. The van der Waals surface area contributed by atoms with E-state index in [-0.39, 0.29) is 16.3 Å². The zero-order chi connectivity index (χ0) is 14.9. The third-order valence-electron chi connectivity index (χ3n) is 2.49. The van der Waals surface area contributed by atoms with Crippen LogP contribution in [0.3, 0.4) is 0 Å². The summed E-state index contributed by atoms with van der Waals surface area (Å²) in [7, 11) is -2.29. The van der Waals surface area contributed by atoms with E-state index >= 15 is 0 Å². The molecule has 104 valence electrons. The molecule has 9 heteroatoms. The van der Waals surface area contributed by atoms with Crippen molar-refractivity contribution in [1.82, 2.24) is 9.78 Å². The summed E-state index contributed by atoms with van der Waals surface area (Å²) >= 11 is 8.99. The van der Waals surface area contributed by atoms with Gasteiger partial charge in [-0.25, -0.2) is 8.42 Å². The summed E-state index contributed by atoms with van der Waals surface area (Å²) in [6.07, 6.45) is 1.29. The fourth-order valence-electron chi connectivity index (χ4n) is 1.47. The molecule has 0 aliphatic rings. The SMILES string of the molecule is Cn1ncc(C#N)c1NS(=O)(=O)c1ccc(Cl)c(Br)c1. The summed E-state index contributed by atoms with van der Waals surface area (Å²) in [6, 6.07) is 6.09. The first-order chi connectivity index (χ1) is 9.35. The fraction of sp³-hybridized carbons (Fsp3) is 0.0909. The Labute approximate surface area is 129 Å². The highest BCUT2D eigenvalue weighted by Crippen LogP contribution is 2.26. The molecule has 0 amide bonds. The van der Waals surface area contributed by atoms with E-state index in [9.17, 15) is 8.42 Å². The second-order valence-electron chi connectivity index (χ2n) is 3.82. The molecule has 1 aromatic carbocycles. The predicted molar refractivity (Wildman–Crippen MR) is 77.9 cm³/mol. The summed E-state index contributed by atoms with van der Waals surface area (Å²) in [5.41, 5.74) is 0.143. The molecular formula is C11H8BrClN4O2S. The Morgan fingerprint density at radius 1 is 1.50 bits per heavy atom. The van der Waals surface area contributed by atoms with Crippen molar-refractivity contribution < 1.29 is 8.42 Å². The Morgan fingerprint density at radius 2 is 2.20 bits per heavy atom. The number of nitrogens with one attached hydrogen (secondary N) is 1. The van der Waals surface area contributed by atoms with Crippen LogP contribution in [0.1, 0.15) is 5.56 Å². The number of nitriles is 1. The molecule has 1 aromatic heterocycles. The van der Waals surface area contributed by atoms with Crippen molar-refractivity contribution >= 4 is 43.4 Å². The summed E-state index contributed by atoms with van der Waals surface area (Å²) in [5.74, 6) is 0.110. The van der Waals surface area contributed by atoms with Crippen molar-refractivity contribution in [2.45, 2.75) is 4.90 Å². The lowest BCUT2D eigenvalue weighted by Gasteiger charge is -2.09. The molecule has 0 aliphatic carbocycles. The lowest BCUT2D eigenvalue weighted by Crippen LogP contribution is -2.16. The average Bonchev–Trinajstić information content (AvgIpc) is 2.73. The number of aryl methyl sites for hydroxylation is 1. The summed E-state index contributed by atoms with van der Waals surface area (Å²) in [5, 5.41) is 13.2. The van der Waals surface area contributed by atoms with Crippen LogP contribution in [0, 0.1) is 11.3 Å². The molecule has 0 fully saturated rings. The third kappa shape index (κ3) is 2.80. The number of sulfonamides is 1. The number of halogens is 2. The Kier molecular flexibility index (Phi) is 4.04. The van der Waals surface area contributed by atoms with Gasteiger partial charge in [-0.05, 0) is 34.1 Å². The number of aromatic nitrogens is 2. The average molecular weight is 376 g/mol. The van der Waals surface area contributed by atoms with E-state index in [0.717, 1.165) is 0 Å². The van der Waals surface area contributed by atoms with Crippen LogP contribution in [0.4, 0.5) is 5.82 Å². The van der Waals surface area contributed by atoms with E-state index in [4.69, 9.17) is 16.9 Å². The highest BCUT2D eigenvalue weighted by molar-refractivity contribution is 9.10. The molecule has 0 spiro atoms. The monoisotopic (exact) mass is 374 g/mol. The number of anilines is 1. The number of hydrogen-bond donors (Lipinski definition) is 1. The molecule has 0 aliphatic heterocycles. The Hall–Kier alpha value is -1.56. The van der Waals surface area contributed by atoms with Crippen molar-refractivity contribution in [2.75, 3.05) is 4.72 Å². The molecule has 1 N–H and O–H groups in total. The smallest absolute Gasteiger partial charge is 0.262 e. The van der Waals surface area contributed by atoms with Gasteiger partial charge in [0.1, 0.15) is 11.6 Å². The van der Waals surface area contributed by atoms with Gasteiger partial charge in [0.05, 0.1) is 16.1 Å². The topological polar surface area (TPSA) is 87.8 Å². The minimum Gasteiger partial charge on any atom is -0.262 e. The van der Waals surface area contributed by atoms with Crippen molar-refractivity contribution in [2.24, 2.45) is 7.05 Å². The molecule has 0 radical (unpaired) electrons. The number of benzene rings is 1. The minimum atomic E-state index is -3.83. The van der Waals surface area contributed by atoms with Crippen LogP contribution in [-0.4, -0.2) is 18.2 Å². The minimum absolute atomic E-state index is 0.0267. The third-order valence-corrected chi connectivity index (χ3v) is 5.04.